The third kappa shape index (κ3) is 10.9. The van der Waals surface area contributed by atoms with Crippen LogP contribution in [0.3, 0.4) is 0 Å². The van der Waals surface area contributed by atoms with Gasteiger partial charge in [-0.05, 0) is 70.0 Å². The Kier molecular flexibility index (Phi) is 17.8. The number of nitrogens with one attached hydrogen (secondary N) is 1. The van der Waals surface area contributed by atoms with E-state index in [9.17, 15) is 24.3 Å². The fourth-order valence-electron chi connectivity index (χ4n) is 7.79. The van der Waals surface area contributed by atoms with E-state index in [1.54, 1.807) is 60.0 Å². The van der Waals surface area contributed by atoms with Gasteiger partial charge in [-0.1, -0.05) is 67.0 Å². The quantitative estimate of drug-likeness (QED) is 0.201. The van der Waals surface area contributed by atoms with E-state index in [1.807, 2.05) is 71.7 Å². The van der Waals surface area contributed by atoms with Gasteiger partial charge in [0.15, 0.2) is 0 Å². The number of para-hydroxylation sites is 2. The molecule has 1 aliphatic heterocycles. The van der Waals surface area contributed by atoms with E-state index in [-0.39, 0.29) is 70.9 Å². The van der Waals surface area contributed by atoms with Gasteiger partial charge >= 0.3 is 0 Å². The lowest BCUT2D eigenvalue weighted by Crippen LogP contribution is -2.59. The molecule has 0 bridgehead atoms. The molecule has 4 amide bonds. The van der Waals surface area contributed by atoms with Crippen molar-refractivity contribution in [3.63, 3.8) is 0 Å². The third-order valence-electron chi connectivity index (χ3n) is 10.7. The van der Waals surface area contributed by atoms with Crippen LogP contribution in [0.2, 0.25) is 0 Å². The number of methoxy groups -OCH3 is 1. The SMILES string of the molecule is CCC(C)C(C(CC(=O)N1CCCC1C(SC)C(C)C(=O)N(CC)c1ccccc1O)OC)N(C)C(=O)C(NC(=O)C(C(C)C)N(C)C)C(C)C. The molecular formula is C39H67N5O6S. The van der Waals surface area contributed by atoms with Gasteiger partial charge in [-0.3, -0.25) is 24.1 Å². The number of aromatic hydroxyl groups is 1. The fourth-order valence-corrected chi connectivity index (χ4v) is 8.91. The standard InChI is InChI=1S/C39H67N5O6S/c1-14-26(7)35(42(11)39(49)33(24(3)4)40-37(47)34(25(5)6)41(9)10)31(50-12)23-32(46)44-22-18-20-29(44)36(51-13)27(8)38(48)43(15-2)28-19-16-17-21-30(28)45/h16-17,19,21,24-27,29,31,33-36,45H,14-15,18,20,22-23H2,1-13H3,(H,40,47). The highest BCUT2D eigenvalue weighted by Gasteiger charge is 2.43. The predicted molar refractivity (Wildman–Crippen MR) is 208 cm³/mol. The van der Waals surface area contributed by atoms with E-state index in [0.29, 0.717) is 18.8 Å². The number of rotatable bonds is 19. The van der Waals surface area contributed by atoms with Crippen molar-refractivity contribution < 1.29 is 29.0 Å². The van der Waals surface area contributed by atoms with E-state index in [1.165, 1.54) is 0 Å². The first-order valence-electron chi connectivity index (χ1n) is 18.7. The Morgan fingerprint density at radius 1 is 1.00 bits per heavy atom. The van der Waals surface area contributed by atoms with Crippen LogP contribution in [0.5, 0.6) is 5.75 Å². The Balaban J connectivity index is 2.33. The molecule has 0 aromatic heterocycles. The van der Waals surface area contributed by atoms with Crippen LogP contribution in [0.25, 0.3) is 0 Å². The molecule has 8 atom stereocenters. The number of ether oxygens (including phenoxy) is 1. The summed E-state index contributed by atoms with van der Waals surface area (Å²) in [5, 5.41) is 13.4. The number of anilines is 1. The van der Waals surface area contributed by atoms with Gasteiger partial charge in [0, 0.05) is 44.5 Å². The highest BCUT2D eigenvalue weighted by Crippen LogP contribution is 2.35. The summed E-state index contributed by atoms with van der Waals surface area (Å²) < 4.78 is 6.05. The molecule has 1 aromatic carbocycles. The van der Waals surface area contributed by atoms with Crippen molar-refractivity contribution >= 4 is 41.1 Å². The van der Waals surface area contributed by atoms with Gasteiger partial charge in [0.2, 0.25) is 23.6 Å². The molecule has 1 aliphatic rings. The maximum atomic E-state index is 14.2. The molecule has 2 N–H and O–H groups in total. The van der Waals surface area contributed by atoms with Crippen LogP contribution >= 0.6 is 11.8 Å². The van der Waals surface area contributed by atoms with Crippen molar-refractivity contribution in [3.05, 3.63) is 24.3 Å². The first kappa shape index (κ1) is 44.3. The van der Waals surface area contributed by atoms with E-state index >= 15 is 0 Å². The molecule has 1 heterocycles. The molecule has 1 aromatic rings. The van der Waals surface area contributed by atoms with Crippen molar-refractivity contribution in [3.8, 4) is 5.75 Å². The number of nitrogens with zero attached hydrogens (tertiary/aromatic N) is 4. The van der Waals surface area contributed by atoms with Crippen molar-refractivity contribution in [2.75, 3.05) is 52.5 Å². The van der Waals surface area contributed by atoms with Crippen molar-refractivity contribution in [1.29, 1.82) is 0 Å². The van der Waals surface area contributed by atoms with Gasteiger partial charge in [0.1, 0.15) is 11.8 Å². The number of carbonyl (C=O) groups excluding carboxylic acids is 4. The van der Waals surface area contributed by atoms with Gasteiger partial charge in [0.25, 0.3) is 0 Å². The van der Waals surface area contributed by atoms with Crippen molar-refractivity contribution in [1.82, 2.24) is 20.0 Å². The molecule has 0 radical (unpaired) electrons. The van der Waals surface area contributed by atoms with Crippen LogP contribution in [-0.2, 0) is 23.9 Å². The fraction of sp³-hybridized carbons (Fsp3) is 0.744. The molecule has 2 rings (SSSR count). The number of phenolic OH excluding ortho intramolecular Hbond substituents is 1. The normalized spacial score (nSPS) is 19.0. The number of carbonyl (C=O) groups is 4. The maximum absolute atomic E-state index is 14.2. The number of hydrogen-bond donors (Lipinski definition) is 2. The van der Waals surface area contributed by atoms with Gasteiger partial charge in [-0.2, -0.15) is 11.8 Å². The highest BCUT2D eigenvalue weighted by molar-refractivity contribution is 7.99. The van der Waals surface area contributed by atoms with Crippen LogP contribution in [-0.4, -0.2) is 127 Å². The Morgan fingerprint density at radius 2 is 1.63 bits per heavy atom. The number of likely N-dealkylation sites (N-methyl/N-ethyl adjacent to an activating group) is 2. The van der Waals surface area contributed by atoms with Crippen molar-refractivity contribution in [2.45, 2.75) is 117 Å². The Labute approximate surface area is 312 Å². The molecule has 0 aliphatic carbocycles. The second kappa shape index (κ2) is 20.4. The van der Waals surface area contributed by atoms with Gasteiger partial charge in [-0.25, -0.2) is 0 Å². The summed E-state index contributed by atoms with van der Waals surface area (Å²) in [4.78, 5) is 62.9. The molecule has 8 unspecified atom stereocenters. The van der Waals surface area contributed by atoms with Crippen LogP contribution < -0.4 is 10.2 Å². The number of thioether (sulfide) groups is 1. The minimum atomic E-state index is -0.742. The van der Waals surface area contributed by atoms with Crippen molar-refractivity contribution in [2.24, 2.45) is 23.7 Å². The molecule has 11 nitrogen and oxygen atoms in total. The van der Waals surface area contributed by atoms with Gasteiger partial charge in [-0.15, -0.1) is 0 Å². The number of likely N-dealkylation sites (tertiary alicyclic amines) is 1. The largest absolute Gasteiger partial charge is 0.506 e. The highest BCUT2D eigenvalue weighted by atomic mass is 32.2. The number of hydrogen-bond acceptors (Lipinski definition) is 8. The lowest BCUT2D eigenvalue weighted by Gasteiger charge is -2.41. The van der Waals surface area contributed by atoms with E-state index in [2.05, 4.69) is 19.2 Å². The number of phenols is 1. The molecule has 1 fully saturated rings. The molecule has 290 valence electrons. The summed E-state index contributed by atoms with van der Waals surface area (Å²) in [7, 11) is 7.07. The number of benzene rings is 1. The molecular weight excluding hydrogens is 667 g/mol. The first-order chi connectivity index (χ1) is 24.0. The predicted octanol–water partition coefficient (Wildman–Crippen LogP) is 5.11. The summed E-state index contributed by atoms with van der Waals surface area (Å²) in [6.45, 7) is 16.7. The zero-order valence-corrected chi connectivity index (χ0v) is 34.3. The monoisotopic (exact) mass is 733 g/mol. The topological polar surface area (TPSA) is 123 Å². The summed E-state index contributed by atoms with van der Waals surface area (Å²) >= 11 is 1.59. The molecule has 0 saturated carbocycles. The zero-order valence-electron chi connectivity index (χ0n) is 33.5. The lowest BCUT2D eigenvalue weighted by molar-refractivity contribution is -0.146. The third-order valence-corrected chi connectivity index (χ3v) is 11.9. The van der Waals surface area contributed by atoms with Gasteiger partial charge < -0.3 is 29.9 Å². The average Bonchev–Trinajstić information content (AvgIpc) is 3.56. The zero-order chi connectivity index (χ0) is 38.7. The molecule has 12 heteroatoms. The van der Waals surface area contributed by atoms with Crippen LogP contribution in [0.1, 0.15) is 81.1 Å². The second-order valence-corrected chi connectivity index (χ2v) is 16.1. The number of amides is 4. The van der Waals surface area contributed by atoms with Crippen LogP contribution in [0.15, 0.2) is 24.3 Å². The summed E-state index contributed by atoms with van der Waals surface area (Å²) in [5.41, 5.74) is 0.477. The first-order valence-corrected chi connectivity index (χ1v) is 19.9. The lowest BCUT2D eigenvalue weighted by atomic mass is 9.89. The summed E-state index contributed by atoms with van der Waals surface area (Å²) in [6.07, 6.45) is 3.85. The molecule has 0 spiro atoms. The van der Waals surface area contributed by atoms with E-state index < -0.39 is 24.1 Å². The molecule has 51 heavy (non-hydrogen) atoms. The Hall–Kier alpha value is -2.83. The maximum Gasteiger partial charge on any atom is 0.245 e. The van der Waals surface area contributed by atoms with E-state index in [4.69, 9.17) is 4.74 Å². The smallest absolute Gasteiger partial charge is 0.245 e. The average molecular weight is 734 g/mol. The second-order valence-electron chi connectivity index (χ2n) is 15.0. The Bertz CT molecular complexity index is 1290. The summed E-state index contributed by atoms with van der Waals surface area (Å²) in [6, 6.07) is 5.16. The summed E-state index contributed by atoms with van der Waals surface area (Å²) in [5.74, 6) is -1.02. The molecule has 1 saturated heterocycles. The van der Waals surface area contributed by atoms with E-state index in [0.717, 1.165) is 19.3 Å². The van der Waals surface area contributed by atoms with Gasteiger partial charge in [0.05, 0.1) is 30.3 Å². The van der Waals surface area contributed by atoms with Crippen LogP contribution in [0, 0.1) is 23.7 Å². The van der Waals surface area contributed by atoms with Crippen LogP contribution in [0.4, 0.5) is 5.69 Å². The minimum Gasteiger partial charge on any atom is -0.506 e. The minimum absolute atomic E-state index is 0.00537. The Morgan fingerprint density at radius 3 is 2.12 bits per heavy atom.